The van der Waals surface area contributed by atoms with Crippen LogP contribution in [-0.2, 0) is 0 Å². The van der Waals surface area contributed by atoms with Crippen LogP contribution in [0.1, 0.15) is 32.6 Å². The van der Waals surface area contributed by atoms with Crippen LogP contribution in [0.2, 0.25) is 0 Å². The van der Waals surface area contributed by atoms with Crippen LogP contribution in [0.25, 0.3) is 0 Å². The summed E-state index contributed by atoms with van der Waals surface area (Å²) in [6, 6.07) is 3.07. The Labute approximate surface area is 100 Å². The Balaban J connectivity index is 1.80. The van der Waals surface area contributed by atoms with E-state index in [2.05, 4.69) is 43.2 Å². The van der Waals surface area contributed by atoms with E-state index in [1.54, 1.807) is 0 Å². The fourth-order valence-electron chi connectivity index (χ4n) is 3.55. The number of piperidine rings is 1. The summed E-state index contributed by atoms with van der Waals surface area (Å²) in [6.45, 7) is 3.45. The molecule has 2 aliphatic rings. The Morgan fingerprint density at radius 2 is 1.81 bits per heavy atom. The van der Waals surface area contributed by atoms with Crippen molar-refractivity contribution in [2.75, 3.05) is 27.7 Å². The van der Waals surface area contributed by atoms with Gasteiger partial charge in [0, 0.05) is 30.7 Å². The van der Waals surface area contributed by atoms with Crippen LogP contribution in [-0.4, -0.2) is 61.7 Å². The van der Waals surface area contributed by atoms with Crippen LogP contribution >= 0.6 is 0 Å². The summed E-state index contributed by atoms with van der Waals surface area (Å²) in [4.78, 5) is 4.87. The van der Waals surface area contributed by atoms with Gasteiger partial charge >= 0.3 is 0 Å². The van der Waals surface area contributed by atoms with Crippen molar-refractivity contribution in [1.82, 2.24) is 15.1 Å². The van der Waals surface area contributed by atoms with Crippen molar-refractivity contribution in [2.24, 2.45) is 0 Å². The highest BCUT2D eigenvalue weighted by Gasteiger charge is 2.38. The molecule has 3 heteroatoms. The van der Waals surface area contributed by atoms with Crippen LogP contribution in [0.4, 0.5) is 0 Å². The van der Waals surface area contributed by atoms with Gasteiger partial charge in [0.15, 0.2) is 0 Å². The zero-order valence-corrected chi connectivity index (χ0v) is 11.2. The van der Waals surface area contributed by atoms with Gasteiger partial charge in [-0.05, 0) is 53.8 Å². The number of nitrogens with zero attached hydrogens (tertiary/aromatic N) is 2. The Morgan fingerprint density at radius 1 is 1.25 bits per heavy atom. The third-order valence-electron chi connectivity index (χ3n) is 4.26. The average Bonchev–Trinajstić information content (AvgIpc) is 2.43. The minimum absolute atomic E-state index is 0.614. The maximum Gasteiger partial charge on any atom is 0.0169 e. The van der Waals surface area contributed by atoms with Crippen molar-refractivity contribution in [1.29, 1.82) is 0 Å². The van der Waals surface area contributed by atoms with Crippen LogP contribution in [0.3, 0.4) is 0 Å². The molecule has 0 aromatic carbocycles. The third kappa shape index (κ3) is 2.76. The minimum atomic E-state index is 0.614. The maximum absolute atomic E-state index is 3.80. The molecule has 2 heterocycles. The summed E-state index contributed by atoms with van der Waals surface area (Å²) in [6.07, 6.45) is 5.54. The molecule has 94 valence electrons. The van der Waals surface area contributed by atoms with Gasteiger partial charge in [-0.2, -0.15) is 0 Å². The van der Waals surface area contributed by atoms with Gasteiger partial charge < -0.3 is 15.1 Å². The van der Waals surface area contributed by atoms with Gasteiger partial charge in [-0.1, -0.05) is 0 Å². The predicted octanol–water partition coefficient (Wildman–Crippen LogP) is 1.15. The summed E-state index contributed by atoms with van der Waals surface area (Å²) in [5.41, 5.74) is 0. The van der Waals surface area contributed by atoms with Crippen molar-refractivity contribution >= 4 is 0 Å². The molecule has 1 N–H and O–H groups in total. The first-order chi connectivity index (χ1) is 7.56. The van der Waals surface area contributed by atoms with Crippen molar-refractivity contribution in [3.05, 3.63) is 0 Å². The lowest BCUT2D eigenvalue weighted by Crippen LogP contribution is -2.50. The molecule has 0 aromatic rings. The van der Waals surface area contributed by atoms with Crippen molar-refractivity contribution in [3.8, 4) is 0 Å². The predicted molar refractivity (Wildman–Crippen MR) is 68.7 cm³/mol. The molecule has 0 spiro atoms. The molecule has 2 rings (SSSR count). The van der Waals surface area contributed by atoms with Gasteiger partial charge in [-0.3, -0.25) is 0 Å². The van der Waals surface area contributed by atoms with E-state index < -0.39 is 0 Å². The van der Waals surface area contributed by atoms with Gasteiger partial charge in [0.25, 0.3) is 0 Å². The number of hydrogen-bond donors (Lipinski definition) is 1. The Hall–Kier alpha value is -0.120. The normalized spacial score (nSPS) is 36.9. The molecule has 3 unspecified atom stereocenters. The quantitative estimate of drug-likeness (QED) is 0.774. The molecule has 16 heavy (non-hydrogen) atoms. The molecule has 3 nitrogen and oxygen atoms in total. The fraction of sp³-hybridized carbons (Fsp3) is 1.00. The number of hydrogen-bond acceptors (Lipinski definition) is 3. The average molecular weight is 225 g/mol. The molecule has 2 aliphatic heterocycles. The summed E-state index contributed by atoms with van der Waals surface area (Å²) in [5, 5.41) is 3.80. The van der Waals surface area contributed by atoms with Crippen molar-refractivity contribution < 1.29 is 0 Å². The van der Waals surface area contributed by atoms with Crippen LogP contribution < -0.4 is 5.32 Å². The van der Waals surface area contributed by atoms with Gasteiger partial charge in [0.05, 0.1) is 0 Å². The highest BCUT2D eigenvalue weighted by molar-refractivity contribution is 4.96. The lowest BCUT2D eigenvalue weighted by atomic mass is 9.97. The smallest absolute Gasteiger partial charge is 0.0169 e. The second-order valence-electron chi connectivity index (χ2n) is 6.05. The molecule has 0 saturated carbocycles. The van der Waals surface area contributed by atoms with Crippen molar-refractivity contribution in [2.45, 2.75) is 56.8 Å². The van der Waals surface area contributed by atoms with E-state index in [1.165, 1.54) is 25.7 Å². The zero-order chi connectivity index (χ0) is 11.7. The van der Waals surface area contributed by atoms with Gasteiger partial charge in [0.1, 0.15) is 0 Å². The summed E-state index contributed by atoms with van der Waals surface area (Å²) >= 11 is 0. The summed E-state index contributed by atoms with van der Waals surface area (Å²) < 4.78 is 0. The zero-order valence-electron chi connectivity index (χ0n) is 11.2. The van der Waals surface area contributed by atoms with Crippen LogP contribution in [0.15, 0.2) is 0 Å². The largest absolute Gasteiger partial charge is 0.310 e. The number of rotatable bonds is 4. The van der Waals surface area contributed by atoms with E-state index in [0.29, 0.717) is 6.04 Å². The molecule has 2 saturated heterocycles. The first-order valence-corrected chi connectivity index (χ1v) is 6.69. The lowest BCUT2D eigenvalue weighted by molar-refractivity contribution is 0.141. The molecule has 3 atom stereocenters. The third-order valence-corrected chi connectivity index (χ3v) is 4.26. The molecule has 0 aromatic heterocycles. The van der Waals surface area contributed by atoms with E-state index in [0.717, 1.165) is 24.7 Å². The van der Waals surface area contributed by atoms with Gasteiger partial charge in [0.2, 0.25) is 0 Å². The second kappa shape index (κ2) is 5.03. The Morgan fingerprint density at radius 3 is 2.31 bits per heavy atom. The van der Waals surface area contributed by atoms with Gasteiger partial charge in [-0.15, -0.1) is 0 Å². The SMILES string of the molecule is CC(CN(C)C)NC1CC2CCC(C1)N2C. The molecule has 2 fully saturated rings. The van der Waals surface area contributed by atoms with Crippen molar-refractivity contribution in [3.63, 3.8) is 0 Å². The number of likely N-dealkylation sites (N-methyl/N-ethyl adjacent to an activating group) is 1. The second-order valence-corrected chi connectivity index (χ2v) is 6.05. The highest BCUT2D eigenvalue weighted by Crippen LogP contribution is 2.34. The highest BCUT2D eigenvalue weighted by atomic mass is 15.2. The first-order valence-electron chi connectivity index (χ1n) is 6.69. The van der Waals surface area contributed by atoms with E-state index in [1.807, 2.05) is 0 Å². The molecule has 0 amide bonds. The lowest BCUT2D eigenvalue weighted by Gasteiger charge is -2.38. The first kappa shape index (κ1) is 12.3. The Kier molecular flexibility index (Phi) is 3.88. The molecule has 0 radical (unpaired) electrons. The van der Waals surface area contributed by atoms with Gasteiger partial charge in [-0.25, -0.2) is 0 Å². The summed E-state index contributed by atoms with van der Waals surface area (Å²) in [5.74, 6) is 0. The van der Waals surface area contributed by atoms with E-state index in [9.17, 15) is 0 Å². The standard InChI is InChI=1S/C13H27N3/c1-10(9-15(2)3)14-11-7-12-5-6-13(8-11)16(12)4/h10-14H,5-9H2,1-4H3. The van der Waals surface area contributed by atoms with Crippen LogP contribution in [0.5, 0.6) is 0 Å². The number of nitrogens with one attached hydrogen (secondary N) is 1. The Bertz CT molecular complexity index is 215. The van der Waals surface area contributed by atoms with E-state index in [-0.39, 0.29) is 0 Å². The van der Waals surface area contributed by atoms with E-state index in [4.69, 9.17) is 0 Å². The fourth-order valence-corrected chi connectivity index (χ4v) is 3.55. The molecule has 2 bridgehead atoms. The number of fused-ring (bicyclic) bond motifs is 2. The van der Waals surface area contributed by atoms with Crippen LogP contribution in [0, 0.1) is 0 Å². The monoisotopic (exact) mass is 225 g/mol. The van der Waals surface area contributed by atoms with E-state index >= 15 is 0 Å². The maximum atomic E-state index is 3.80. The minimum Gasteiger partial charge on any atom is -0.310 e. The molecule has 0 aliphatic carbocycles. The summed E-state index contributed by atoms with van der Waals surface area (Å²) in [7, 11) is 6.61. The molecular formula is C13H27N3. The topological polar surface area (TPSA) is 18.5 Å². The molecular weight excluding hydrogens is 198 g/mol.